The van der Waals surface area contributed by atoms with Crippen molar-refractivity contribution >= 4 is 17.1 Å². The molecule has 152 valence electrons. The van der Waals surface area contributed by atoms with E-state index in [1.165, 1.54) is 0 Å². The molecule has 2 aromatic heterocycles. The molecule has 0 fully saturated rings. The van der Waals surface area contributed by atoms with Gasteiger partial charge in [-0.2, -0.15) is 4.98 Å². The van der Waals surface area contributed by atoms with Crippen LogP contribution in [0.2, 0.25) is 0 Å². The van der Waals surface area contributed by atoms with Gasteiger partial charge in [0.1, 0.15) is 5.52 Å². The van der Waals surface area contributed by atoms with E-state index in [0.29, 0.717) is 24.7 Å². The van der Waals surface area contributed by atoms with E-state index in [1.807, 2.05) is 66.9 Å². The molecule has 1 N–H and O–H groups in total. The molecule has 4 rings (SSSR count). The lowest BCUT2D eigenvalue weighted by Gasteiger charge is -2.12. The number of rotatable bonds is 7. The van der Waals surface area contributed by atoms with E-state index in [4.69, 9.17) is 4.74 Å². The molecule has 6 heteroatoms. The van der Waals surface area contributed by atoms with Crippen molar-refractivity contribution in [2.45, 2.75) is 26.8 Å². The molecule has 0 aliphatic carbocycles. The molecule has 0 saturated carbocycles. The normalized spacial score (nSPS) is 11.0. The van der Waals surface area contributed by atoms with Crippen LogP contribution < -0.4 is 4.74 Å². The number of hydrogen-bond donors (Lipinski definition) is 1. The van der Waals surface area contributed by atoms with Gasteiger partial charge in [0.25, 0.3) is 6.01 Å². The van der Waals surface area contributed by atoms with Crippen LogP contribution in [-0.4, -0.2) is 32.2 Å². The maximum Gasteiger partial charge on any atom is 0.336 e. The van der Waals surface area contributed by atoms with Gasteiger partial charge in [-0.1, -0.05) is 49.4 Å². The minimum Gasteiger partial charge on any atom is -0.478 e. The van der Waals surface area contributed by atoms with Crippen LogP contribution in [0.3, 0.4) is 0 Å². The van der Waals surface area contributed by atoms with Gasteiger partial charge in [-0.05, 0) is 47.7 Å². The van der Waals surface area contributed by atoms with Crippen molar-refractivity contribution in [2.24, 2.45) is 0 Å². The van der Waals surface area contributed by atoms with Crippen LogP contribution in [0.5, 0.6) is 6.01 Å². The highest BCUT2D eigenvalue weighted by Crippen LogP contribution is 2.28. The van der Waals surface area contributed by atoms with Crippen molar-refractivity contribution in [2.75, 3.05) is 6.61 Å². The highest BCUT2D eigenvalue weighted by molar-refractivity contribution is 5.96. The standard InChI is InChI=1S/C24H23N3O3/c1-3-13-30-24-26-21-16(2)11-12-25-22(21)27(24)15-17-9-10-19(20(14-17)23(28)29)18-7-5-4-6-8-18/h4-12,14H,3,13,15H2,1-2H3,(H,28,29). The number of carboxylic acids is 1. The van der Waals surface area contributed by atoms with E-state index in [-0.39, 0.29) is 5.56 Å². The zero-order valence-corrected chi connectivity index (χ0v) is 17.0. The van der Waals surface area contributed by atoms with E-state index in [1.54, 1.807) is 12.3 Å². The predicted molar refractivity (Wildman–Crippen MR) is 116 cm³/mol. The van der Waals surface area contributed by atoms with Crippen molar-refractivity contribution in [3.63, 3.8) is 0 Å². The highest BCUT2D eigenvalue weighted by Gasteiger charge is 2.17. The Morgan fingerprint density at radius 1 is 1.13 bits per heavy atom. The molecule has 0 aliphatic heterocycles. The van der Waals surface area contributed by atoms with Crippen LogP contribution >= 0.6 is 0 Å². The second kappa shape index (κ2) is 8.37. The molecule has 6 nitrogen and oxygen atoms in total. The van der Waals surface area contributed by atoms with Gasteiger partial charge in [0.05, 0.1) is 18.7 Å². The molecule has 0 radical (unpaired) electrons. The number of hydrogen-bond acceptors (Lipinski definition) is 4. The van der Waals surface area contributed by atoms with E-state index in [9.17, 15) is 9.90 Å². The number of pyridine rings is 1. The summed E-state index contributed by atoms with van der Waals surface area (Å²) in [4.78, 5) is 21.1. The minimum absolute atomic E-state index is 0.267. The Hall–Kier alpha value is -3.67. The molecule has 4 aromatic rings. The SMILES string of the molecule is CCCOc1nc2c(C)ccnc2n1Cc1ccc(-c2ccccc2)c(C(=O)O)c1. The predicted octanol–water partition coefficient (Wildman–Crippen LogP) is 4.94. The summed E-state index contributed by atoms with van der Waals surface area (Å²) >= 11 is 0. The first-order valence-electron chi connectivity index (χ1n) is 9.94. The Morgan fingerprint density at radius 3 is 2.67 bits per heavy atom. The quantitative estimate of drug-likeness (QED) is 0.474. The number of carboxylic acid groups (broad SMARTS) is 1. The first-order valence-corrected chi connectivity index (χ1v) is 9.94. The summed E-state index contributed by atoms with van der Waals surface area (Å²) in [6.45, 7) is 5.00. The van der Waals surface area contributed by atoms with E-state index in [2.05, 4.69) is 9.97 Å². The summed E-state index contributed by atoms with van der Waals surface area (Å²) in [5.74, 6) is -0.956. The molecule has 2 heterocycles. The maximum atomic E-state index is 12.0. The number of aryl methyl sites for hydroxylation is 1. The Morgan fingerprint density at radius 2 is 1.93 bits per heavy atom. The average Bonchev–Trinajstić information content (AvgIpc) is 3.11. The number of fused-ring (bicyclic) bond motifs is 1. The van der Waals surface area contributed by atoms with E-state index >= 15 is 0 Å². The van der Waals surface area contributed by atoms with Crippen LogP contribution in [-0.2, 0) is 6.54 Å². The number of ether oxygens (including phenoxy) is 1. The van der Waals surface area contributed by atoms with Gasteiger partial charge in [-0.15, -0.1) is 0 Å². The van der Waals surface area contributed by atoms with Crippen LogP contribution in [0.1, 0.15) is 34.8 Å². The largest absolute Gasteiger partial charge is 0.478 e. The molecule has 0 bridgehead atoms. The molecule has 0 saturated heterocycles. The van der Waals surface area contributed by atoms with Gasteiger partial charge in [-0.25, -0.2) is 9.78 Å². The summed E-state index contributed by atoms with van der Waals surface area (Å²) in [5, 5.41) is 9.80. The lowest BCUT2D eigenvalue weighted by molar-refractivity contribution is 0.0697. The number of carbonyl (C=O) groups is 1. The molecule has 0 spiro atoms. The van der Waals surface area contributed by atoms with Crippen molar-refractivity contribution in [3.05, 3.63) is 77.5 Å². The Bertz CT molecular complexity index is 1200. The maximum absolute atomic E-state index is 12.0. The molecule has 30 heavy (non-hydrogen) atoms. The van der Waals surface area contributed by atoms with Crippen LogP contribution in [0, 0.1) is 6.92 Å². The summed E-state index contributed by atoms with van der Waals surface area (Å²) in [6.07, 6.45) is 2.62. The van der Waals surface area contributed by atoms with Crippen LogP contribution in [0.25, 0.3) is 22.3 Å². The van der Waals surface area contributed by atoms with Gasteiger partial charge in [-0.3, -0.25) is 4.57 Å². The molecule has 0 amide bonds. The zero-order valence-electron chi connectivity index (χ0n) is 17.0. The first kappa shape index (κ1) is 19.6. The topological polar surface area (TPSA) is 77.2 Å². The Kier molecular flexibility index (Phi) is 5.48. The fraction of sp³-hybridized carbons (Fsp3) is 0.208. The van der Waals surface area contributed by atoms with Crippen molar-refractivity contribution < 1.29 is 14.6 Å². The lowest BCUT2D eigenvalue weighted by Crippen LogP contribution is -2.08. The third kappa shape index (κ3) is 3.76. The molecule has 0 aliphatic rings. The van der Waals surface area contributed by atoms with Crippen LogP contribution in [0.4, 0.5) is 0 Å². The van der Waals surface area contributed by atoms with Crippen molar-refractivity contribution in [1.82, 2.24) is 14.5 Å². The van der Waals surface area contributed by atoms with E-state index < -0.39 is 5.97 Å². The molecular formula is C24H23N3O3. The molecular weight excluding hydrogens is 378 g/mol. The monoisotopic (exact) mass is 401 g/mol. The minimum atomic E-state index is -0.956. The summed E-state index contributed by atoms with van der Waals surface area (Å²) in [5.41, 5.74) is 5.22. The fourth-order valence-electron chi connectivity index (χ4n) is 3.48. The molecule has 0 unspecified atom stereocenters. The third-order valence-corrected chi connectivity index (χ3v) is 4.98. The van der Waals surface area contributed by atoms with Gasteiger partial charge in [0.2, 0.25) is 0 Å². The van der Waals surface area contributed by atoms with E-state index in [0.717, 1.165) is 34.3 Å². The summed E-state index contributed by atoms with van der Waals surface area (Å²) < 4.78 is 7.77. The molecule has 2 aromatic carbocycles. The van der Waals surface area contributed by atoms with Crippen molar-refractivity contribution in [1.29, 1.82) is 0 Å². The van der Waals surface area contributed by atoms with Gasteiger partial charge >= 0.3 is 5.97 Å². The second-order valence-corrected chi connectivity index (χ2v) is 7.18. The van der Waals surface area contributed by atoms with Crippen LogP contribution in [0.15, 0.2) is 60.8 Å². The number of imidazole rings is 1. The summed E-state index contributed by atoms with van der Waals surface area (Å²) in [7, 11) is 0. The smallest absolute Gasteiger partial charge is 0.336 e. The van der Waals surface area contributed by atoms with Crippen molar-refractivity contribution in [3.8, 4) is 17.1 Å². The Balaban J connectivity index is 1.77. The molecule has 0 atom stereocenters. The number of nitrogens with zero attached hydrogens (tertiary/aromatic N) is 3. The number of aromatic nitrogens is 3. The number of benzene rings is 2. The zero-order chi connectivity index (χ0) is 21.1. The summed E-state index contributed by atoms with van der Waals surface area (Å²) in [6, 6.07) is 17.5. The highest BCUT2D eigenvalue weighted by atomic mass is 16.5. The average molecular weight is 401 g/mol. The third-order valence-electron chi connectivity index (χ3n) is 4.98. The van der Waals surface area contributed by atoms with Gasteiger partial charge in [0, 0.05) is 6.20 Å². The fourth-order valence-corrected chi connectivity index (χ4v) is 3.48. The lowest BCUT2D eigenvalue weighted by atomic mass is 9.97. The first-order chi connectivity index (χ1) is 14.6. The Labute approximate surface area is 174 Å². The van der Waals surface area contributed by atoms with Gasteiger partial charge < -0.3 is 9.84 Å². The number of aromatic carboxylic acids is 1. The second-order valence-electron chi connectivity index (χ2n) is 7.18. The van der Waals surface area contributed by atoms with Gasteiger partial charge in [0.15, 0.2) is 5.65 Å².